The number of unbranched alkanes of at least 4 members (excludes halogenated alkanes) is 1. The summed E-state index contributed by atoms with van der Waals surface area (Å²) >= 11 is 0. The van der Waals surface area contributed by atoms with Gasteiger partial charge in [-0.2, -0.15) is 0 Å². The van der Waals surface area contributed by atoms with Crippen LogP contribution >= 0.6 is 0 Å². The number of hydrogen-bond donors (Lipinski definition) is 2. The molecule has 1 fully saturated rings. The molecule has 0 aromatic carbocycles. The van der Waals surface area contributed by atoms with E-state index in [0.29, 0.717) is 25.9 Å². The van der Waals surface area contributed by atoms with Gasteiger partial charge in [0.05, 0.1) is 19.8 Å². The molecule has 1 aliphatic rings. The highest BCUT2D eigenvalue weighted by molar-refractivity contribution is 5.79. The molecule has 0 bridgehead atoms. The molecule has 0 saturated carbocycles. The monoisotopic (exact) mass is 342 g/mol. The lowest BCUT2D eigenvalue weighted by molar-refractivity contribution is 0.0487. The van der Waals surface area contributed by atoms with Gasteiger partial charge in [0.2, 0.25) is 0 Å². The number of guanidine groups is 1. The molecule has 142 valence electrons. The first-order valence-electron chi connectivity index (χ1n) is 9.65. The Hall–Kier alpha value is -0.850. The number of likely N-dealkylation sites (tertiary alicyclic amines) is 1. The predicted octanol–water partition coefficient (Wildman–Crippen LogP) is 1.86. The fraction of sp³-hybridized carbons (Fsp3) is 0.944. The molecule has 1 unspecified atom stereocenters. The quantitative estimate of drug-likeness (QED) is 0.322. The summed E-state index contributed by atoms with van der Waals surface area (Å²) < 4.78 is 11.0. The Morgan fingerprint density at radius 1 is 1.08 bits per heavy atom. The molecule has 0 amide bonds. The van der Waals surface area contributed by atoms with Crippen molar-refractivity contribution >= 4 is 5.96 Å². The van der Waals surface area contributed by atoms with Crippen LogP contribution in [0.25, 0.3) is 0 Å². The fourth-order valence-electron chi connectivity index (χ4n) is 2.95. The maximum atomic E-state index is 5.56. The number of rotatable bonds is 12. The Morgan fingerprint density at radius 3 is 2.58 bits per heavy atom. The molecular formula is C18H38N4O2. The molecule has 0 aromatic heterocycles. The van der Waals surface area contributed by atoms with Crippen LogP contribution in [0.5, 0.6) is 0 Å². The van der Waals surface area contributed by atoms with Crippen molar-refractivity contribution in [2.45, 2.75) is 52.0 Å². The molecule has 0 radical (unpaired) electrons. The topological polar surface area (TPSA) is 58.1 Å². The van der Waals surface area contributed by atoms with Crippen LogP contribution in [0.4, 0.5) is 0 Å². The van der Waals surface area contributed by atoms with Crippen molar-refractivity contribution in [3.05, 3.63) is 0 Å². The normalized spacial score (nSPS) is 19.5. The van der Waals surface area contributed by atoms with E-state index in [-0.39, 0.29) is 0 Å². The van der Waals surface area contributed by atoms with E-state index in [9.17, 15) is 0 Å². The summed E-state index contributed by atoms with van der Waals surface area (Å²) in [6.45, 7) is 11.3. The van der Waals surface area contributed by atoms with Crippen LogP contribution in [-0.4, -0.2) is 76.6 Å². The van der Waals surface area contributed by atoms with Crippen molar-refractivity contribution in [3.8, 4) is 0 Å². The summed E-state index contributed by atoms with van der Waals surface area (Å²) in [5, 5.41) is 6.75. The van der Waals surface area contributed by atoms with E-state index in [4.69, 9.17) is 9.47 Å². The number of aliphatic imine (C=N–C) groups is 1. The molecule has 0 aliphatic carbocycles. The fourth-order valence-corrected chi connectivity index (χ4v) is 2.95. The number of nitrogens with one attached hydrogen (secondary N) is 2. The molecule has 0 spiro atoms. The van der Waals surface area contributed by atoms with E-state index in [1.807, 2.05) is 7.05 Å². The van der Waals surface area contributed by atoms with Crippen LogP contribution < -0.4 is 10.6 Å². The lowest BCUT2D eigenvalue weighted by Crippen LogP contribution is -2.49. The average molecular weight is 343 g/mol. The first-order chi connectivity index (χ1) is 11.8. The first kappa shape index (κ1) is 21.2. The van der Waals surface area contributed by atoms with Crippen molar-refractivity contribution in [2.75, 3.05) is 59.7 Å². The molecule has 0 aromatic rings. The summed E-state index contributed by atoms with van der Waals surface area (Å²) in [6.07, 6.45) is 6.24. The summed E-state index contributed by atoms with van der Waals surface area (Å²) in [6, 6.07) is 0.624. The lowest BCUT2D eigenvalue weighted by atomic mass is 10.0. The molecule has 24 heavy (non-hydrogen) atoms. The Morgan fingerprint density at radius 2 is 1.88 bits per heavy atom. The second-order valence-corrected chi connectivity index (χ2v) is 6.24. The van der Waals surface area contributed by atoms with E-state index < -0.39 is 0 Å². The largest absolute Gasteiger partial charge is 0.379 e. The Labute approximate surface area is 148 Å². The van der Waals surface area contributed by atoms with Gasteiger partial charge in [-0.15, -0.1) is 0 Å². The molecular weight excluding hydrogens is 304 g/mol. The van der Waals surface area contributed by atoms with Gasteiger partial charge >= 0.3 is 0 Å². The number of likely N-dealkylation sites (N-methyl/N-ethyl adjacent to an activating group) is 1. The van der Waals surface area contributed by atoms with Crippen molar-refractivity contribution in [1.82, 2.24) is 15.5 Å². The predicted molar refractivity (Wildman–Crippen MR) is 101 cm³/mol. The van der Waals surface area contributed by atoms with Crippen LogP contribution in [0.15, 0.2) is 4.99 Å². The van der Waals surface area contributed by atoms with Gasteiger partial charge in [-0.1, -0.05) is 26.7 Å². The number of nitrogens with zero attached hydrogens (tertiary/aromatic N) is 2. The van der Waals surface area contributed by atoms with Crippen LogP contribution in [-0.2, 0) is 9.47 Å². The molecule has 1 saturated heterocycles. The number of hydrogen-bond acceptors (Lipinski definition) is 4. The van der Waals surface area contributed by atoms with Gasteiger partial charge < -0.3 is 20.1 Å². The zero-order valence-electron chi connectivity index (χ0n) is 16.0. The summed E-state index contributed by atoms with van der Waals surface area (Å²) in [7, 11) is 1.82. The lowest BCUT2D eigenvalue weighted by Gasteiger charge is -2.35. The Bertz CT molecular complexity index is 326. The molecule has 6 heteroatoms. The number of ether oxygens (including phenoxy) is 2. The van der Waals surface area contributed by atoms with E-state index >= 15 is 0 Å². The van der Waals surface area contributed by atoms with E-state index in [1.165, 1.54) is 32.2 Å². The zero-order valence-corrected chi connectivity index (χ0v) is 16.0. The highest BCUT2D eigenvalue weighted by atomic mass is 16.5. The highest BCUT2D eigenvalue weighted by Crippen LogP contribution is 2.15. The minimum Gasteiger partial charge on any atom is -0.379 e. The van der Waals surface area contributed by atoms with Gasteiger partial charge in [0.1, 0.15) is 0 Å². The Kier molecular flexibility index (Phi) is 12.8. The second kappa shape index (κ2) is 14.5. The van der Waals surface area contributed by atoms with Gasteiger partial charge in [-0.3, -0.25) is 9.89 Å². The maximum Gasteiger partial charge on any atom is 0.191 e. The standard InChI is InChI=1S/C18H38N4O2/c1-4-6-12-23-14-15-24-13-10-20-18(19-3)21-16-17-9-7-8-11-22(17)5-2/h17H,4-16H2,1-3H3,(H2,19,20,21). The van der Waals surface area contributed by atoms with Gasteiger partial charge in [0.25, 0.3) is 0 Å². The number of piperidine rings is 1. The van der Waals surface area contributed by atoms with Gasteiger partial charge in [-0.25, -0.2) is 0 Å². The zero-order chi connectivity index (χ0) is 17.5. The molecule has 1 heterocycles. The van der Waals surface area contributed by atoms with Crippen LogP contribution in [0, 0.1) is 0 Å². The van der Waals surface area contributed by atoms with Crippen molar-refractivity contribution in [2.24, 2.45) is 4.99 Å². The molecule has 6 nitrogen and oxygen atoms in total. The van der Waals surface area contributed by atoms with Crippen LogP contribution in [0.1, 0.15) is 46.0 Å². The van der Waals surface area contributed by atoms with E-state index in [0.717, 1.165) is 38.6 Å². The molecule has 1 rings (SSSR count). The summed E-state index contributed by atoms with van der Waals surface area (Å²) in [5.74, 6) is 0.861. The summed E-state index contributed by atoms with van der Waals surface area (Å²) in [5.41, 5.74) is 0. The highest BCUT2D eigenvalue weighted by Gasteiger charge is 2.20. The first-order valence-corrected chi connectivity index (χ1v) is 9.65. The van der Waals surface area contributed by atoms with Crippen molar-refractivity contribution in [3.63, 3.8) is 0 Å². The molecule has 1 aliphatic heterocycles. The average Bonchev–Trinajstić information content (AvgIpc) is 2.63. The third kappa shape index (κ3) is 9.45. The van der Waals surface area contributed by atoms with Crippen LogP contribution in [0.3, 0.4) is 0 Å². The SMILES string of the molecule is CCCCOCCOCCNC(=NC)NCC1CCCCN1CC. The molecule has 2 N–H and O–H groups in total. The third-order valence-electron chi connectivity index (χ3n) is 4.44. The second-order valence-electron chi connectivity index (χ2n) is 6.24. The van der Waals surface area contributed by atoms with Crippen LogP contribution in [0.2, 0.25) is 0 Å². The smallest absolute Gasteiger partial charge is 0.191 e. The van der Waals surface area contributed by atoms with Gasteiger partial charge in [0, 0.05) is 32.8 Å². The summed E-state index contributed by atoms with van der Waals surface area (Å²) in [4.78, 5) is 6.85. The van der Waals surface area contributed by atoms with E-state index in [1.54, 1.807) is 0 Å². The third-order valence-corrected chi connectivity index (χ3v) is 4.44. The molecule has 1 atom stereocenters. The van der Waals surface area contributed by atoms with Crippen molar-refractivity contribution < 1.29 is 9.47 Å². The van der Waals surface area contributed by atoms with E-state index in [2.05, 4.69) is 34.4 Å². The minimum absolute atomic E-state index is 0.624. The maximum absolute atomic E-state index is 5.56. The van der Waals surface area contributed by atoms with Gasteiger partial charge in [-0.05, 0) is 32.4 Å². The van der Waals surface area contributed by atoms with Crippen molar-refractivity contribution in [1.29, 1.82) is 0 Å². The van der Waals surface area contributed by atoms with Gasteiger partial charge in [0.15, 0.2) is 5.96 Å². The minimum atomic E-state index is 0.624. The Balaban J connectivity index is 2.04.